The third kappa shape index (κ3) is 5.09. The molecular weight excluding hydrogens is 256 g/mol. The number of carbonyl (C=O) groups is 1. The molecule has 1 aromatic rings. The van der Waals surface area contributed by atoms with E-state index in [1.54, 1.807) is 11.8 Å². The van der Waals surface area contributed by atoms with E-state index in [9.17, 15) is 4.79 Å². The summed E-state index contributed by atoms with van der Waals surface area (Å²) in [4.78, 5) is 13.2. The van der Waals surface area contributed by atoms with Crippen molar-refractivity contribution in [3.8, 4) is 0 Å². The number of thioether (sulfide) groups is 1. The Kier molecular flexibility index (Phi) is 7.30. The van der Waals surface area contributed by atoms with Crippen LogP contribution in [0.15, 0.2) is 41.8 Å². The Morgan fingerprint density at radius 2 is 2.26 bits per heavy atom. The summed E-state index contributed by atoms with van der Waals surface area (Å²) in [6, 6.07) is 7.81. The van der Waals surface area contributed by atoms with Crippen LogP contribution in [-0.2, 0) is 4.79 Å². The topological polar surface area (TPSA) is 55.1 Å². The van der Waals surface area contributed by atoms with Gasteiger partial charge in [0.25, 0.3) is 0 Å². The number of nitrogens with two attached hydrogens (primary N) is 1. The zero-order valence-electron chi connectivity index (χ0n) is 11.4. The van der Waals surface area contributed by atoms with E-state index in [0.717, 1.165) is 29.2 Å². The molecule has 0 aliphatic heterocycles. The minimum Gasteiger partial charge on any atom is -0.330 e. The fourth-order valence-electron chi connectivity index (χ4n) is 1.78. The molecule has 0 fully saturated rings. The van der Waals surface area contributed by atoms with Gasteiger partial charge in [-0.25, -0.2) is 0 Å². The molecule has 104 valence electrons. The molecule has 1 amide bonds. The molecule has 3 nitrogen and oxygen atoms in total. The van der Waals surface area contributed by atoms with Crippen molar-refractivity contribution in [2.75, 3.05) is 17.6 Å². The Morgan fingerprint density at radius 1 is 1.53 bits per heavy atom. The Bertz CT molecular complexity index is 420. The highest BCUT2D eigenvalue weighted by molar-refractivity contribution is 7.99. The first-order valence-electron chi connectivity index (χ1n) is 6.56. The minimum atomic E-state index is -0.109. The molecular formula is C15H22N2OS. The monoisotopic (exact) mass is 278 g/mol. The van der Waals surface area contributed by atoms with Gasteiger partial charge in [0.1, 0.15) is 0 Å². The molecule has 1 unspecified atom stereocenters. The highest BCUT2D eigenvalue weighted by Crippen LogP contribution is 2.27. The van der Waals surface area contributed by atoms with Crippen LogP contribution >= 0.6 is 11.8 Å². The lowest BCUT2D eigenvalue weighted by molar-refractivity contribution is -0.119. The molecule has 0 aliphatic rings. The molecule has 4 heteroatoms. The van der Waals surface area contributed by atoms with Gasteiger partial charge in [-0.15, -0.1) is 18.3 Å². The maximum Gasteiger partial charge on any atom is 0.228 e. The average Bonchev–Trinajstić information content (AvgIpc) is 2.43. The number of benzene rings is 1. The molecule has 0 spiro atoms. The maximum absolute atomic E-state index is 12.1. The van der Waals surface area contributed by atoms with Crippen LogP contribution in [0.4, 0.5) is 5.69 Å². The largest absolute Gasteiger partial charge is 0.330 e. The van der Waals surface area contributed by atoms with Gasteiger partial charge in [0.2, 0.25) is 5.91 Å². The van der Waals surface area contributed by atoms with Crippen LogP contribution < -0.4 is 11.1 Å². The molecule has 19 heavy (non-hydrogen) atoms. The lowest BCUT2D eigenvalue weighted by atomic mass is 10.0. The zero-order valence-corrected chi connectivity index (χ0v) is 12.2. The molecule has 1 rings (SSSR count). The van der Waals surface area contributed by atoms with Crippen molar-refractivity contribution >= 4 is 23.4 Å². The first-order chi connectivity index (χ1) is 9.22. The third-order valence-corrected chi connectivity index (χ3v) is 3.86. The lowest BCUT2D eigenvalue weighted by Crippen LogP contribution is -2.29. The number of hydrogen-bond acceptors (Lipinski definition) is 3. The van der Waals surface area contributed by atoms with Gasteiger partial charge in [-0.2, -0.15) is 0 Å². The van der Waals surface area contributed by atoms with Gasteiger partial charge in [0, 0.05) is 17.2 Å². The fourth-order valence-corrected chi connectivity index (χ4v) is 2.53. The summed E-state index contributed by atoms with van der Waals surface area (Å²) in [5.41, 5.74) is 6.51. The van der Waals surface area contributed by atoms with Crippen LogP contribution in [0.3, 0.4) is 0 Å². The number of nitrogens with one attached hydrogen (secondary N) is 1. The van der Waals surface area contributed by atoms with Crippen LogP contribution in [0, 0.1) is 5.92 Å². The average molecular weight is 278 g/mol. The third-order valence-electron chi connectivity index (χ3n) is 2.79. The second kappa shape index (κ2) is 8.77. The summed E-state index contributed by atoms with van der Waals surface area (Å²) in [7, 11) is 0. The highest BCUT2D eigenvalue weighted by atomic mass is 32.2. The molecule has 0 aliphatic carbocycles. The normalized spacial score (nSPS) is 11.9. The predicted molar refractivity (Wildman–Crippen MR) is 83.4 cm³/mol. The fraction of sp³-hybridized carbons (Fsp3) is 0.400. The quantitative estimate of drug-likeness (QED) is 0.567. The second-order valence-corrected chi connectivity index (χ2v) is 5.37. The van der Waals surface area contributed by atoms with Gasteiger partial charge in [-0.05, 0) is 18.6 Å². The summed E-state index contributed by atoms with van der Waals surface area (Å²) < 4.78 is 0. The first kappa shape index (κ1) is 15.8. The molecule has 0 radical (unpaired) electrons. The van der Waals surface area contributed by atoms with Crippen molar-refractivity contribution < 1.29 is 4.79 Å². The van der Waals surface area contributed by atoms with Crippen LogP contribution in [-0.4, -0.2) is 18.2 Å². The van der Waals surface area contributed by atoms with Crippen molar-refractivity contribution in [1.82, 2.24) is 0 Å². The smallest absolute Gasteiger partial charge is 0.228 e. The molecule has 0 aromatic heterocycles. The van der Waals surface area contributed by atoms with Gasteiger partial charge < -0.3 is 11.1 Å². The van der Waals surface area contributed by atoms with E-state index in [0.29, 0.717) is 6.54 Å². The molecule has 1 aromatic carbocycles. The van der Waals surface area contributed by atoms with Crippen LogP contribution in [0.25, 0.3) is 0 Å². The molecule has 0 saturated heterocycles. The molecule has 3 N–H and O–H groups in total. The summed E-state index contributed by atoms with van der Waals surface area (Å²) in [5.74, 6) is 0.723. The van der Waals surface area contributed by atoms with Crippen molar-refractivity contribution in [1.29, 1.82) is 0 Å². The van der Waals surface area contributed by atoms with Gasteiger partial charge in [-0.1, -0.05) is 31.6 Å². The van der Waals surface area contributed by atoms with Gasteiger partial charge >= 0.3 is 0 Å². The zero-order chi connectivity index (χ0) is 14.1. The number of amides is 1. The van der Waals surface area contributed by atoms with Gasteiger partial charge in [0.15, 0.2) is 0 Å². The van der Waals surface area contributed by atoms with Crippen molar-refractivity contribution in [2.45, 2.75) is 24.7 Å². The summed E-state index contributed by atoms with van der Waals surface area (Å²) in [5, 5.41) is 2.98. The Balaban J connectivity index is 2.74. The Morgan fingerprint density at radius 3 is 2.89 bits per heavy atom. The van der Waals surface area contributed by atoms with Gasteiger partial charge in [0.05, 0.1) is 11.6 Å². The number of hydrogen-bond donors (Lipinski definition) is 2. The van der Waals surface area contributed by atoms with E-state index in [2.05, 4.69) is 18.8 Å². The molecule has 0 heterocycles. The SMILES string of the molecule is C=CCSc1ccccc1NC(=O)C(CN)CCC. The standard InChI is InChI=1S/C15H22N2OS/c1-3-7-12(11-16)15(18)17-13-8-5-6-9-14(13)19-10-4-2/h4-6,8-9,12H,2-3,7,10-11,16H2,1H3,(H,17,18). The van der Waals surface area contributed by atoms with E-state index >= 15 is 0 Å². The van der Waals surface area contributed by atoms with Crippen molar-refractivity contribution in [3.63, 3.8) is 0 Å². The van der Waals surface area contributed by atoms with E-state index in [4.69, 9.17) is 5.73 Å². The number of rotatable bonds is 8. The maximum atomic E-state index is 12.1. The summed E-state index contributed by atoms with van der Waals surface area (Å²) >= 11 is 1.66. The van der Waals surface area contributed by atoms with E-state index in [1.165, 1.54) is 0 Å². The summed E-state index contributed by atoms with van der Waals surface area (Å²) in [6.45, 7) is 6.16. The van der Waals surface area contributed by atoms with E-state index < -0.39 is 0 Å². The van der Waals surface area contributed by atoms with Crippen molar-refractivity contribution in [3.05, 3.63) is 36.9 Å². The molecule has 0 bridgehead atoms. The summed E-state index contributed by atoms with van der Waals surface area (Å²) in [6.07, 6.45) is 3.63. The minimum absolute atomic E-state index is 0.0102. The van der Waals surface area contributed by atoms with E-state index in [-0.39, 0.29) is 11.8 Å². The Hall–Kier alpha value is -1.26. The lowest BCUT2D eigenvalue weighted by Gasteiger charge is -2.15. The van der Waals surface area contributed by atoms with Crippen molar-refractivity contribution in [2.24, 2.45) is 11.7 Å². The Labute approximate surface area is 119 Å². The van der Waals surface area contributed by atoms with Gasteiger partial charge in [-0.3, -0.25) is 4.79 Å². The molecule has 0 saturated carbocycles. The van der Waals surface area contributed by atoms with Crippen LogP contribution in [0.5, 0.6) is 0 Å². The second-order valence-electron chi connectivity index (χ2n) is 4.31. The predicted octanol–water partition coefficient (Wildman–Crippen LogP) is 3.28. The first-order valence-corrected chi connectivity index (χ1v) is 7.55. The van der Waals surface area contributed by atoms with Crippen LogP contribution in [0.1, 0.15) is 19.8 Å². The number of para-hydroxylation sites is 1. The van der Waals surface area contributed by atoms with Crippen LogP contribution in [0.2, 0.25) is 0 Å². The number of carbonyl (C=O) groups excluding carboxylic acids is 1. The van der Waals surface area contributed by atoms with E-state index in [1.807, 2.05) is 30.3 Å². The highest BCUT2D eigenvalue weighted by Gasteiger charge is 2.16. The number of anilines is 1. The molecule has 1 atom stereocenters.